The van der Waals surface area contributed by atoms with Crippen molar-refractivity contribution in [3.05, 3.63) is 0 Å². The Morgan fingerprint density at radius 1 is 1.00 bits per heavy atom. The van der Waals surface area contributed by atoms with Gasteiger partial charge in [0.15, 0.2) is 8.32 Å². The summed E-state index contributed by atoms with van der Waals surface area (Å²) in [6.45, 7) is 15.2. The Hall–Kier alpha value is 0.577. The number of hydrogen-bond acceptors (Lipinski definition) is 3. The summed E-state index contributed by atoms with van der Waals surface area (Å²) in [6, 6.07) is 1.30. The number of alkyl halides is 1. The summed E-state index contributed by atoms with van der Waals surface area (Å²) in [5.41, 5.74) is 0. The number of nitrogens with zero attached hydrogens (tertiary/aromatic N) is 2. The van der Waals surface area contributed by atoms with E-state index in [-0.39, 0.29) is 0 Å². The molecule has 1 aliphatic heterocycles. The van der Waals surface area contributed by atoms with Gasteiger partial charge in [-0.05, 0) is 52.0 Å². The molecule has 0 saturated carbocycles. The maximum Gasteiger partial charge on any atom is 0.186 e. The third-order valence-electron chi connectivity index (χ3n) is 3.86. The van der Waals surface area contributed by atoms with Crippen LogP contribution < -0.4 is 0 Å². The fraction of sp³-hybridized carbons (Fsp3) is 1.00. The summed E-state index contributed by atoms with van der Waals surface area (Å²) in [5.74, 6) is 0. The zero-order chi connectivity index (χ0) is 14.1. The Balaban J connectivity index is 2.09. The second kappa shape index (κ2) is 9.50. The van der Waals surface area contributed by atoms with E-state index in [4.69, 9.17) is 4.43 Å². The van der Waals surface area contributed by atoms with Crippen molar-refractivity contribution in [1.82, 2.24) is 9.80 Å². The molecule has 0 aromatic carbocycles. The standard InChI is InChI=1S/C14H31BrN2OSi/c1-4-18-19(2,3)14-6-9-17-12-10-16(11-13-17)8-5-7-15/h4-14H2,1-3H3. The molecule has 3 nitrogen and oxygen atoms in total. The molecule has 1 aliphatic rings. The lowest BCUT2D eigenvalue weighted by molar-refractivity contribution is 0.132. The van der Waals surface area contributed by atoms with E-state index in [1.165, 1.54) is 58.2 Å². The van der Waals surface area contributed by atoms with Crippen LogP contribution in [0.2, 0.25) is 19.1 Å². The average Bonchev–Trinajstić information content (AvgIpc) is 2.37. The molecule has 19 heavy (non-hydrogen) atoms. The van der Waals surface area contributed by atoms with E-state index in [0.717, 1.165) is 11.9 Å². The van der Waals surface area contributed by atoms with Crippen molar-refractivity contribution < 1.29 is 4.43 Å². The van der Waals surface area contributed by atoms with Gasteiger partial charge in [0, 0.05) is 38.1 Å². The monoisotopic (exact) mass is 350 g/mol. The summed E-state index contributed by atoms with van der Waals surface area (Å²) in [6.07, 6.45) is 2.58. The van der Waals surface area contributed by atoms with Gasteiger partial charge in [-0.2, -0.15) is 0 Å². The van der Waals surface area contributed by atoms with Crippen LogP contribution in [0, 0.1) is 0 Å². The Morgan fingerprint density at radius 2 is 1.53 bits per heavy atom. The minimum Gasteiger partial charge on any atom is -0.418 e. The van der Waals surface area contributed by atoms with Crippen LogP contribution in [0.25, 0.3) is 0 Å². The molecule has 0 atom stereocenters. The smallest absolute Gasteiger partial charge is 0.186 e. The molecule has 1 saturated heterocycles. The second-order valence-electron chi connectivity index (χ2n) is 6.02. The van der Waals surface area contributed by atoms with Crippen molar-refractivity contribution in [3.63, 3.8) is 0 Å². The Labute approximate surface area is 128 Å². The quantitative estimate of drug-likeness (QED) is 0.469. The molecule has 0 radical (unpaired) electrons. The molecule has 0 bridgehead atoms. The summed E-state index contributed by atoms with van der Waals surface area (Å²) in [7, 11) is -1.36. The van der Waals surface area contributed by atoms with Crippen molar-refractivity contribution >= 4 is 24.2 Å². The van der Waals surface area contributed by atoms with E-state index in [1.807, 2.05) is 0 Å². The van der Waals surface area contributed by atoms with Crippen LogP contribution in [0.4, 0.5) is 0 Å². The fourth-order valence-electron chi connectivity index (χ4n) is 2.71. The molecular weight excluding hydrogens is 320 g/mol. The number of hydrogen-bond donors (Lipinski definition) is 0. The van der Waals surface area contributed by atoms with E-state index in [0.29, 0.717) is 0 Å². The Kier molecular flexibility index (Phi) is 8.82. The average molecular weight is 351 g/mol. The highest BCUT2D eigenvalue weighted by Gasteiger charge is 2.22. The molecule has 1 fully saturated rings. The summed E-state index contributed by atoms with van der Waals surface area (Å²) < 4.78 is 5.89. The highest BCUT2D eigenvalue weighted by atomic mass is 79.9. The number of piperazine rings is 1. The molecule has 114 valence electrons. The second-order valence-corrected chi connectivity index (χ2v) is 11.1. The third-order valence-corrected chi connectivity index (χ3v) is 7.05. The summed E-state index contributed by atoms with van der Waals surface area (Å²) in [5, 5.41) is 1.13. The van der Waals surface area contributed by atoms with Crippen LogP contribution in [0.3, 0.4) is 0 Å². The van der Waals surface area contributed by atoms with E-state index in [2.05, 4.69) is 45.7 Å². The lowest BCUT2D eigenvalue weighted by Crippen LogP contribution is -2.47. The van der Waals surface area contributed by atoms with Crippen molar-refractivity contribution in [2.24, 2.45) is 0 Å². The molecule has 0 amide bonds. The lowest BCUT2D eigenvalue weighted by Gasteiger charge is -2.35. The van der Waals surface area contributed by atoms with Crippen molar-refractivity contribution in [1.29, 1.82) is 0 Å². The minimum atomic E-state index is -1.36. The minimum absolute atomic E-state index is 0.880. The van der Waals surface area contributed by atoms with Crippen molar-refractivity contribution in [2.45, 2.75) is 38.9 Å². The molecular formula is C14H31BrN2OSi. The SMILES string of the molecule is CCO[Si](C)(C)CCCN1CCN(CCCBr)CC1. The topological polar surface area (TPSA) is 15.7 Å². The molecule has 1 heterocycles. The van der Waals surface area contributed by atoms with Crippen LogP contribution in [0.5, 0.6) is 0 Å². The van der Waals surface area contributed by atoms with E-state index >= 15 is 0 Å². The number of halogens is 1. The first-order valence-corrected chi connectivity index (χ1v) is 12.0. The predicted molar refractivity (Wildman–Crippen MR) is 89.8 cm³/mol. The fourth-order valence-corrected chi connectivity index (χ4v) is 4.90. The van der Waals surface area contributed by atoms with Crippen LogP contribution in [0.15, 0.2) is 0 Å². The Morgan fingerprint density at radius 3 is 2.00 bits per heavy atom. The number of rotatable bonds is 9. The van der Waals surface area contributed by atoms with Crippen LogP contribution in [-0.4, -0.2) is 69.3 Å². The third kappa shape index (κ3) is 7.80. The van der Waals surface area contributed by atoms with Crippen LogP contribution >= 0.6 is 15.9 Å². The van der Waals surface area contributed by atoms with Gasteiger partial charge >= 0.3 is 0 Å². The summed E-state index contributed by atoms with van der Waals surface area (Å²) in [4.78, 5) is 5.22. The Bertz CT molecular complexity index is 233. The predicted octanol–water partition coefficient (Wildman–Crippen LogP) is 3.02. The van der Waals surface area contributed by atoms with Gasteiger partial charge in [-0.15, -0.1) is 0 Å². The van der Waals surface area contributed by atoms with Crippen LogP contribution in [-0.2, 0) is 4.43 Å². The molecule has 0 N–H and O–H groups in total. The molecule has 0 unspecified atom stereocenters. The largest absolute Gasteiger partial charge is 0.418 e. The van der Waals surface area contributed by atoms with Crippen LogP contribution in [0.1, 0.15) is 19.8 Å². The molecule has 0 aromatic heterocycles. The molecule has 0 aliphatic carbocycles. The molecule has 5 heteroatoms. The first kappa shape index (κ1) is 17.6. The van der Waals surface area contributed by atoms with Gasteiger partial charge in [0.05, 0.1) is 0 Å². The van der Waals surface area contributed by atoms with E-state index < -0.39 is 8.32 Å². The summed E-state index contributed by atoms with van der Waals surface area (Å²) >= 11 is 3.51. The van der Waals surface area contributed by atoms with Gasteiger partial charge in [0.1, 0.15) is 0 Å². The zero-order valence-corrected chi connectivity index (χ0v) is 15.5. The van der Waals surface area contributed by atoms with E-state index in [1.54, 1.807) is 0 Å². The zero-order valence-electron chi connectivity index (χ0n) is 13.0. The van der Waals surface area contributed by atoms with Gasteiger partial charge in [-0.25, -0.2) is 0 Å². The van der Waals surface area contributed by atoms with Gasteiger partial charge in [-0.3, -0.25) is 0 Å². The van der Waals surface area contributed by atoms with E-state index in [9.17, 15) is 0 Å². The molecule has 1 rings (SSSR count). The maximum atomic E-state index is 5.89. The van der Waals surface area contributed by atoms with Crippen molar-refractivity contribution in [2.75, 3.05) is 51.2 Å². The first-order valence-electron chi connectivity index (χ1n) is 7.72. The normalized spacial score (nSPS) is 18.9. The highest BCUT2D eigenvalue weighted by Crippen LogP contribution is 2.14. The van der Waals surface area contributed by atoms with Gasteiger partial charge < -0.3 is 14.2 Å². The first-order chi connectivity index (χ1) is 9.07. The lowest BCUT2D eigenvalue weighted by atomic mass is 10.3. The van der Waals surface area contributed by atoms with Gasteiger partial charge in [-0.1, -0.05) is 15.9 Å². The van der Waals surface area contributed by atoms with Gasteiger partial charge in [0.25, 0.3) is 0 Å². The molecule has 0 spiro atoms. The molecule has 0 aromatic rings. The highest BCUT2D eigenvalue weighted by molar-refractivity contribution is 9.09. The van der Waals surface area contributed by atoms with Crippen molar-refractivity contribution in [3.8, 4) is 0 Å². The maximum absolute atomic E-state index is 5.89. The van der Waals surface area contributed by atoms with Gasteiger partial charge in [0.2, 0.25) is 0 Å².